The molecule has 6 rings (SSSR count). The van der Waals surface area contributed by atoms with Crippen LogP contribution in [0.2, 0.25) is 5.02 Å². The number of nitrogens with zero attached hydrogens (tertiary/aromatic N) is 4. The number of aromatic nitrogens is 4. The Balaban J connectivity index is 1.28. The molecule has 3 heterocycles. The van der Waals surface area contributed by atoms with Crippen LogP contribution in [0.25, 0.3) is 33.1 Å². The maximum Gasteiger partial charge on any atom is 0.161 e. The molecule has 0 radical (unpaired) electrons. The van der Waals surface area contributed by atoms with Gasteiger partial charge in [-0.3, -0.25) is 9.97 Å². The van der Waals surface area contributed by atoms with Crippen LogP contribution in [-0.2, 0) is 0 Å². The molecule has 0 spiro atoms. The Morgan fingerprint density at radius 1 is 0.686 bits per heavy atom. The quantitative estimate of drug-likeness (QED) is 0.265. The van der Waals surface area contributed by atoms with Crippen LogP contribution in [0.15, 0.2) is 113 Å². The Morgan fingerprint density at radius 3 is 2.31 bits per heavy atom. The summed E-state index contributed by atoms with van der Waals surface area (Å²) in [6.07, 6.45) is 3.62. The number of nitrogens with one attached hydrogen (secondary N) is 1. The van der Waals surface area contributed by atoms with E-state index in [4.69, 9.17) is 11.6 Å². The molecule has 0 unspecified atom stereocenters. The highest BCUT2D eigenvalue weighted by Crippen LogP contribution is 2.34. The van der Waals surface area contributed by atoms with Gasteiger partial charge in [0.2, 0.25) is 0 Å². The van der Waals surface area contributed by atoms with Gasteiger partial charge in [0.05, 0.1) is 5.52 Å². The number of hydrogen-bond donors (Lipinski definition) is 1. The standard InChI is InChI=1S/C28H18ClN5S/c29-19-9-7-18(8-10-19)26-22-4-1-2-5-23(22)28(34-33-26)32-20-11-13-21(14-12-20)35-25-15-17-30-24-6-3-16-31-27(24)25/h1-17H,(H,32,34). The molecular weight excluding hydrogens is 474 g/mol. The Morgan fingerprint density at radius 2 is 1.49 bits per heavy atom. The van der Waals surface area contributed by atoms with Crippen molar-refractivity contribution >= 4 is 56.7 Å². The summed E-state index contributed by atoms with van der Waals surface area (Å²) in [5.74, 6) is 0.711. The van der Waals surface area contributed by atoms with Crippen LogP contribution in [-0.4, -0.2) is 20.2 Å². The molecule has 7 heteroatoms. The third-order valence-electron chi connectivity index (χ3n) is 5.61. The van der Waals surface area contributed by atoms with Crippen LogP contribution in [0.4, 0.5) is 11.5 Å². The highest BCUT2D eigenvalue weighted by molar-refractivity contribution is 7.99. The summed E-state index contributed by atoms with van der Waals surface area (Å²) in [4.78, 5) is 11.1. The molecule has 0 saturated heterocycles. The van der Waals surface area contributed by atoms with Crippen molar-refractivity contribution in [3.05, 3.63) is 108 Å². The lowest BCUT2D eigenvalue weighted by atomic mass is 10.0. The van der Waals surface area contributed by atoms with Crippen LogP contribution in [0, 0.1) is 0 Å². The summed E-state index contributed by atoms with van der Waals surface area (Å²) >= 11 is 7.73. The third kappa shape index (κ3) is 4.41. The molecule has 0 saturated carbocycles. The smallest absolute Gasteiger partial charge is 0.161 e. The Kier molecular flexibility index (Phi) is 5.74. The van der Waals surface area contributed by atoms with Gasteiger partial charge in [-0.25, -0.2) is 0 Å². The summed E-state index contributed by atoms with van der Waals surface area (Å²) in [7, 11) is 0. The molecule has 3 aromatic carbocycles. The fourth-order valence-corrected chi connectivity index (χ4v) is 4.96. The summed E-state index contributed by atoms with van der Waals surface area (Å²) in [6, 6.07) is 29.9. The van der Waals surface area contributed by atoms with Crippen molar-refractivity contribution in [2.75, 3.05) is 5.32 Å². The molecule has 3 aromatic heterocycles. The molecule has 0 aliphatic rings. The van der Waals surface area contributed by atoms with Gasteiger partial charge in [-0.1, -0.05) is 59.8 Å². The monoisotopic (exact) mass is 491 g/mol. The Bertz CT molecular complexity index is 1650. The fourth-order valence-electron chi connectivity index (χ4n) is 3.92. The van der Waals surface area contributed by atoms with Crippen LogP contribution >= 0.6 is 23.4 Å². The van der Waals surface area contributed by atoms with Gasteiger partial charge in [0.15, 0.2) is 5.82 Å². The summed E-state index contributed by atoms with van der Waals surface area (Å²) in [5.41, 5.74) is 4.54. The second-order valence-electron chi connectivity index (χ2n) is 7.88. The van der Waals surface area contributed by atoms with Crippen molar-refractivity contribution in [3.8, 4) is 11.3 Å². The first-order chi connectivity index (χ1) is 17.2. The number of halogens is 1. The van der Waals surface area contributed by atoms with Crippen molar-refractivity contribution in [2.45, 2.75) is 9.79 Å². The minimum atomic E-state index is 0.694. The molecule has 0 fully saturated rings. The van der Waals surface area contributed by atoms with Gasteiger partial charge in [-0.15, -0.1) is 10.2 Å². The van der Waals surface area contributed by atoms with E-state index in [1.54, 1.807) is 18.0 Å². The summed E-state index contributed by atoms with van der Waals surface area (Å²) in [6.45, 7) is 0. The zero-order valence-corrected chi connectivity index (χ0v) is 20.0. The summed E-state index contributed by atoms with van der Waals surface area (Å²) in [5, 5.41) is 15.2. The number of anilines is 2. The van der Waals surface area contributed by atoms with E-state index in [1.165, 1.54) is 0 Å². The maximum absolute atomic E-state index is 6.06. The van der Waals surface area contributed by atoms with Gasteiger partial charge in [-0.2, -0.15) is 0 Å². The first-order valence-electron chi connectivity index (χ1n) is 11.0. The SMILES string of the molecule is Clc1ccc(-c2nnc(Nc3ccc(Sc4ccnc5cccnc45)cc3)c3ccccc23)cc1. The first-order valence-corrected chi connectivity index (χ1v) is 12.2. The number of benzene rings is 3. The van der Waals surface area contributed by atoms with Crippen LogP contribution in [0.5, 0.6) is 0 Å². The van der Waals surface area contributed by atoms with Crippen molar-refractivity contribution < 1.29 is 0 Å². The molecule has 6 aromatic rings. The van der Waals surface area contributed by atoms with E-state index in [0.29, 0.717) is 10.8 Å². The second kappa shape index (κ2) is 9.33. The van der Waals surface area contributed by atoms with Crippen molar-refractivity contribution in [1.29, 1.82) is 0 Å². The normalized spacial score (nSPS) is 11.1. The first kappa shape index (κ1) is 21.5. The molecule has 35 heavy (non-hydrogen) atoms. The van der Waals surface area contributed by atoms with Gasteiger partial charge in [0.25, 0.3) is 0 Å². The molecule has 0 bridgehead atoms. The van der Waals surface area contributed by atoms with Gasteiger partial charge < -0.3 is 5.32 Å². The largest absolute Gasteiger partial charge is 0.338 e. The molecule has 1 N–H and O–H groups in total. The Hall–Kier alpha value is -4.00. The van der Waals surface area contributed by atoms with E-state index in [0.717, 1.165) is 48.5 Å². The molecule has 5 nitrogen and oxygen atoms in total. The number of rotatable bonds is 5. The molecule has 0 amide bonds. The minimum Gasteiger partial charge on any atom is -0.338 e. The zero-order valence-electron chi connectivity index (χ0n) is 18.4. The maximum atomic E-state index is 6.06. The van der Waals surface area contributed by atoms with Gasteiger partial charge in [0.1, 0.15) is 11.2 Å². The van der Waals surface area contributed by atoms with E-state index in [-0.39, 0.29) is 0 Å². The molecule has 0 aliphatic heterocycles. The van der Waals surface area contributed by atoms with Crippen LogP contribution in [0.1, 0.15) is 0 Å². The fraction of sp³-hybridized carbons (Fsp3) is 0. The average molecular weight is 492 g/mol. The summed E-state index contributed by atoms with van der Waals surface area (Å²) < 4.78 is 0. The topological polar surface area (TPSA) is 63.6 Å². The van der Waals surface area contributed by atoms with Crippen LogP contribution in [0.3, 0.4) is 0 Å². The lowest BCUT2D eigenvalue weighted by Crippen LogP contribution is -1.99. The van der Waals surface area contributed by atoms with E-state index < -0.39 is 0 Å². The molecule has 0 atom stereocenters. The van der Waals surface area contributed by atoms with E-state index in [1.807, 2.05) is 72.9 Å². The second-order valence-corrected chi connectivity index (χ2v) is 9.43. The lowest BCUT2D eigenvalue weighted by molar-refractivity contribution is 1.06. The third-order valence-corrected chi connectivity index (χ3v) is 6.92. The van der Waals surface area contributed by atoms with E-state index >= 15 is 0 Å². The average Bonchev–Trinajstić information content (AvgIpc) is 2.91. The van der Waals surface area contributed by atoms with Gasteiger partial charge >= 0.3 is 0 Å². The minimum absolute atomic E-state index is 0.694. The lowest BCUT2D eigenvalue weighted by Gasteiger charge is -2.12. The highest BCUT2D eigenvalue weighted by atomic mass is 35.5. The van der Waals surface area contributed by atoms with E-state index in [9.17, 15) is 0 Å². The zero-order chi connectivity index (χ0) is 23.6. The Labute approximate surface area is 211 Å². The number of pyridine rings is 2. The molecule has 168 valence electrons. The molecule has 0 aliphatic carbocycles. The van der Waals surface area contributed by atoms with Crippen molar-refractivity contribution in [3.63, 3.8) is 0 Å². The predicted octanol–water partition coefficient (Wildman–Crippen LogP) is 7.79. The van der Waals surface area contributed by atoms with E-state index in [2.05, 4.69) is 49.7 Å². The van der Waals surface area contributed by atoms with Gasteiger partial charge in [0, 0.05) is 49.2 Å². The number of fused-ring (bicyclic) bond motifs is 2. The van der Waals surface area contributed by atoms with Gasteiger partial charge in [-0.05, 0) is 54.6 Å². The van der Waals surface area contributed by atoms with Crippen molar-refractivity contribution in [2.24, 2.45) is 0 Å². The predicted molar refractivity (Wildman–Crippen MR) is 143 cm³/mol. The van der Waals surface area contributed by atoms with Crippen molar-refractivity contribution in [1.82, 2.24) is 20.2 Å². The molecular formula is C28H18ClN5S. The highest BCUT2D eigenvalue weighted by Gasteiger charge is 2.11. The number of hydrogen-bond acceptors (Lipinski definition) is 6. The van der Waals surface area contributed by atoms with Crippen LogP contribution < -0.4 is 5.32 Å².